The normalized spacial score (nSPS) is 14.2. The summed E-state index contributed by atoms with van der Waals surface area (Å²) in [6, 6.07) is 66.2. The van der Waals surface area contributed by atoms with E-state index in [1.165, 1.54) is 126 Å². The van der Waals surface area contributed by atoms with E-state index in [2.05, 4.69) is 188 Å². The maximum absolute atomic E-state index is 2.56. The van der Waals surface area contributed by atoms with Gasteiger partial charge in [-0.05, 0) is 147 Å². The Bertz CT molecular complexity index is 3280. The van der Waals surface area contributed by atoms with E-state index in [4.69, 9.17) is 0 Å². The van der Waals surface area contributed by atoms with Gasteiger partial charge in [-0.3, -0.25) is 0 Å². The van der Waals surface area contributed by atoms with Crippen LogP contribution in [0.1, 0.15) is 24.0 Å². The van der Waals surface area contributed by atoms with Crippen LogP contribution in [0.3, 0.4) is 0 Å². The summed E-state index contributed by atoms with van der Waals surface area (Å²) in [5.74, 6) is 0. The van der Waals surface area contributed by atoms with Crippen molar-refractivity contribution >= 4 is 67.6 Å². The quantitative estimate of drug-likeness (QED) is 0.158. The van der Waals surface area contributed by atoms with Gasteiger partial charge in [-0.2, -0.15) is 0 Å². The van der Waals surface area contributed by atoms with Crippen LogP contribution in [0.2, 0.25) is 0 Å². The molecule has 0 N–H and O–H groups in total. The standard InChI is InChI=1S/C56H35BS/c1-4-16-34(17-5-1)37-30-48-44-28-14-26-42-46(40-24-12-10-22-38(40)35-18-6-2-7-19-35)32-50-55(52(42)44)57-54(48)49(31-37)45-29-15-27-43-47(33-51(58-50)56(57)53(43)45)41-25-13-11-23-39(41)36-20-8-3-9-21-36/h1-10,12,14-33H,11,13H2. The second-order valence-electron chi connectivity index (χ2n) is 16.1. The van der Waals surface area contributed by atoms with Crippen molar-refractivity contribution in [3.63, 3.8) is 0 Å². The van der Waals surface area contributed by atoms with E-state index in [1.54, 1.807) is 0 Å². The molecular weight excluding hydrogens is 715 g/mol. The molecule has 0 saturated carbocycles. The van der Waals surface area contributed by atoms with E-state index in [-0.39, 0.29) is 6.71 Å². The lowest BCUT2D eigenvalue weighted by Crippen LogP contribution is -2.60. The molecule has 9 aromatic rings. The van der Waals surface area contributed by atoms with Crippen molar-refractivity contribution in [3.05, 3.63) is 199 Å². The predicted octanol–water partition coefficient (Wildman–Crippen LogP) is 13.2. The lowest BCUT2D eigenvalue weighted by atomic mass is 9.30. The average molecular weight is 751 g/mol. The molecule has 2 heteroatoms. The first kappa shape index (κ1) is 32.5. The monoisotopic (exact) mass is 750 g/mol. The third-order valence-corrected chi connectivity index (χ3v) is 14.2. The van der Waals surface area contributed by atoms with Gasteiger partial charge < -0.3 is 0 Å². The molecule has 13 rings (SSSR count). The average Bonchev–Trinajstić information content (AvgIpc) is 3.30. The van der Waals surface area contributed by atoms with Gasteiger partial charge in [0.15, 0.2) is 0 Å². The Balaban J connectivity index is 1.15. The Kier molecular flexibility index (Phi) is 6.97. The summed E-state index contributed by atoms with van der Waals surface area (Å²) in [5.41, 5.74) is 22.8. The summed E-state index contributed by atoms with van der Waals surface area (Å²) >= 11 is 1.99. The largest absolute Gasteiger partial charge is 0.247 e. The van der Waals surface area contributed by atoms with Gasteiger partial charge >= 0.3 is 0 Å². The lowest BCUT2D eigenvalue weighted by Gasteiger charge is -2.40. The second-order valence-corrected chi connectivity index (χ2v) is 17.2. The first-order valence-corrected chi connectivity index (χ1v) is 21.3. The van der Waals surface area contributed by atoms with E-state index >= 15 is 0 Å². The number of allylic oxidation sites excluding steroid dienone is 4. The molecule has 0 radical (unpaired) electrons. The molecule has 0 aromatic heterocycles. The van der Waals surface area contributed by atoms with Crippen molar-refractivity contribution in [2.45, 2.75) is 22.6 Å². The van der Waals surface area contributed by atoms with Gasteiger partial charge in [0, 0.05) is 9.79 Å². The minimum Gasteiger partial charge on any atom is -0.0911 e. The highest BCUT2D eigenvalue weighted by Crippen LogP contribution is 2.51. The van der Waals surface area contributed by atoms with Gasteiger partial charge in [-0.15, -0.1) is 0 Å². The molecule has 0 nitrogen and oxygen atoms in total. The van der Waals surface area contributed by atoms with E-state index in [9.17, 15) is 0 Å². The van der Waals surface area contributed by atoms with E-state index in [0.717, 1.165) is 12.8 Å². The highest BCUT2D eigenvalue weighted by Gasteiger charge is 2.44. The molecule has 0 atom stereocenters. The van der Waals surface area contributed by atoms with Crippen molar-refractivity contribution in [2.24, 2.45) is 0 Å². The van der Waals surface area contributed by atoms with Crippen LogP contribution in [0.15, 0.2) is 198 Å². The summed E-state index contributed by atoms with van der Waals surface area (Å²) < 4.78 is 0. The smallest absolute Gasteiger partial charge is 0.0911 e. The van der Waals surface area contributed by atoms with Crippen molar-refractivity contribution in [2.75, 3.05) is 0 Å². The zero-order valence-corrected chi connectivity index (χ0v) is 32.6. The number of hydrogen-bond donors (Lipinski definition) is 0. The highest BCUT2D eigenvalue weighted by atomic mass is 32.2. The fraction of sp³-hybridized carbons (Fsp3) is 0.0357. The van der Waals surface area contributed by atoms with E-state index in [0.29, 0.717) is 0 Å². The molecule has 9 aromatic carbocycles. The minimum absolute atomic E-state index is 0.146. The molecule has 1 aliphatic carbocycles. The summed E-state index contributed by atoms with van der Waals surface area (Å²) in [6.45, 7) is 0.146. The maximum Gasteiger partial charge on any atom is 0.247 e. The molecule has 0 bridgehead atoms. The molecule has 0 spiro atoms. The molecule has 0 unspecified atom stereocenters. The van der Waals surface area contributed by atoms with Crippen molar-refractivity contribution in [1.29, 1.82) is 0 Å². The van der Waals surface area contributed by atoms with Crippen molar-refractivity contribution in [1.82, 2.24) is 0 Å². The molecular formula is C56H35BS. The summed E-state index contributed by atoms with van der Waals surface area (Å²) in [5, 5.41) is 5.52. The third kappa shape index (κ3) is 4.55. The second kappa shape index (κ2) is 12.4. The van der Waals surface area contributed by atoms with Crippen molar-refractivity contribution in [3.8, 4) is 55.6 Å². The van der Waals surface area contributed by atoms with Crippen LogP contribution >= 0.6 is 11.8 Å². The van der Waals surface area contributed by atoms with E-state index < -0.39 is 0 Å². The minimum atomic E-state index is 0.146. The zero-order valence-electron chi connectivity index (χ0n) is 31.8. The molecule has 3 aliphatic heterocycles. The van der Waals surface area contributed by atoms with E-state index in [1.807, 2.05) is 11.8 Å². The van der Waals surface area contributed by atoms with Crippen LogP contribution < -0.4 is 16.4 Å². The molecule has 4 aliphatic rings. The zero-order chi connectivity index (χ0) is 37.9. The van der Waals surface area contributed by atoms with Gasteiger partial charge in [0.25, 0.3) is 0 Å². The van der Waals surface area contributed by atoms with Gasteiger partial charge in [-0.25, -0.2) is 0 Å². The third-order valence-electron chi connectivity index (χ3n) is 13.1. The molecule has 58 heavy (non-hydrogen) atoms. The predicted molar refractivity (Wildman–Crippen MR) is 249 cm³/mol. The fourth-order valence-electron chi connectivity index (χ4n) is 10.8. The topological polar surface area (TPSA) is 0 Å². The Morgan fingerprint density at radius 2 is 0.828 bits per heavy atom. The SMILES string of the molecule is C1=C(c2ccccc2)C(c2cc3c4c5c(cccc25)-c2cc(-c5ccccc5)cc5c2B4c2c(cc(-c4ccccc4-c4ccccc4)c4cccc-5c24)S3)=CCC1. The van der Waals surface area contributed by atoms with Crippen LogP contribution in [0.5, 0.6) is 0 Å². The van der Waals surface area contributed by atoms with Crippen molar-refractivity contribution < 1.29 is 0 Å². The highest BCUT2D eigenvalue weighted by molar-refractivity contribution is 8.00. The van der Waals surface area contributed by atoms with Crippen LogP contribution in [-0.2, 0) is 0 Å². The molecule has 0 amide bonds. The van der Waals surface area contributed by atoms with Gasteiger partial charge in [-0.1, -0.05) is 181 Å². The number of benzene rings is 9. The molecule has 0 saturated heterocycles. The number of rotatable bonds is 5. The Hall–Kier alpha value is -6.61. The molecule has 268 valence electrons. The van der Waals surface area contributed by atoms with Crippen LogP contribution in [0, 0.1) is 0 Å². The number of fused-ring (bicyclic) bond motifs is 2. The van der Waals surface area contributed by atoms with Gasteiger partial charge in [0.05, 0.1) is 0 Å². The Labute approximate surface area is 343 Å². The summed E-state index contributed by atoms with van der Waals surface area (Å²) in [7, 11) is 0. The Morgan fingerprint density at radius 3 is 1.47 bits per heavy atom. The fourth-order valence-corrected chi connectivity index (χ4v) is 12.0. The first-order valence-electron chi connectivity index (χ1n) is 20.5. The molecule has 3 heterocycles. The molecule has 0 fully saturated rings. The van der Waals surface area contributed by atoms with Gasteiger partial charge in [0.1, 0.15) is 0 Å². The Morgan fingerprint density at radius 1 is 0.328 bits per heavy atom. The number of hydrogen-bond acceptors (Lipinski definition) is 1. The van der Waals surface area contributed by atoms with Crippen LogP contribution in [0.25, 0.3) is 88.3 Å². The summed E-state index contributed by atoms with van der Waals surface area (Å²) in [6.07, 6.45) is 7.08. The van der Waals surface area contributed by atoms with Crippen LogP contribution in [0.4, 0.5) is 0 Å². The lowest BCUT2D eigenvalue weighted by molar-refractivity contribution is 1.04. The van der Waals surface area contributed by atoms with Crippen LogP contribution in [-0.4, -0.2) is 6.71 Å². The first-order chi connectivity index (χ1) is 28.8. The maximum atomic E-state index is 2.56. The van der Waals surface area contributed by atoms with Gasteiger partial charge in [0.2, 0.25) is 6.71 Å². The summed E-state index contributed by atoms with van der Waals surface area (Å²) in [4.78, 5) is 2.76.